The van der Waals surface area contributed by atoms with E-state index in [0.29, 0.717) is 31.7 Å². The molecule has 30 heavy (non-hydrogen) atoms. The summed E-state index contributed by atoms with van der Waals surface area (Å²) in [4.78, 5) is 23.9. The van der Waals surface area contributed by atoms with Crippen molar-refractivity contribution in [2.45, 2.75) is 25.4 Å². The Hall–Kier alpha value is -2.52. The molecule has 1 saturated heterocycles. The molecule has 1 aliphatic heterocycles. The number of likely N-dealkylation sites (tertiary alicyclic amines) is 1. The van der Waals surface area contributed by atoms with Crippen LogP contribution in [-0.2, 0) is 4.79 Å². The van der Waals surface area contributed by atoms with Gasteiger partial charge in [0, 0.05) is 30.2 Å². The Bertz CT molecular complexity index is 1010. The van der Waals surface area contributed by atoms with Crippen molar-refractivity contribution >= 4 is 33.8 Å². The smallest absolute Gasteiger partial charge is 0.310 e. The molecule has 1 aliphatic rings. The molecule has 1 amide bonds. The monoisotopic (exact) mass is 434 g/mol. The highest BCUT2D eigenvalue weighted by Gasteiger charge is 2.30. The predicted octanol–water partition coefficient (Wildman–Crippen LogP) is 4.96. The highest BCUT2D eigenvalue weighted by molar-refractivity contribution is 7.13. The fourth-order valence-electron chi connectivity index (χ4n) is 3.65. The Morgan fingerprint density at radius 2 is 1.97 bits per heavy atom. The summed E-state index contributed by atoms with van der Waals surface area (Å²) in [5.74, 6) is 0.137. The normalized spacial score (nSPS) is 16.1. The maximum Gasteiger partial charge on any atom is 0.390 e. The molecule has 0 saturated carbocycles. The lowest BCUT2D eigenvalue weighted by Crippen LogP contribution is -2.39. The Morgan fingerprint density at radius 3 is 2.67 bits per heavy atom. The number of carbonyl (C=O) groups excluding carboxylic acids is 1. The summed E-state index contributed by atoms with van der Waals surface area (Å²) in [5.41, 5.74) is 2.84. The highest BCUT2D eigenvalue weighted by Crippen LogP contribution is 2.28. The van der Waals surface area contributed by atoms with Crippen molar-refractivity contribution in [1.82, 2.24) is 14.9 Å². The minimum atomic E-state index is -4.14. The highest BCUT2D eigenvalue weighted by atomic mass is 32.1. The van der Waals surface area contributed by atoms with E-state index >= 15 is 0 Å². The van der Waals surface area contributed by atoms with Crippen molar-refractivity contribution in [3.05, 3.63) is 42.2 Å². The Morgan fingerprint density at radius 1 is 1.17 bits per heavy atom. The summed E-state index contributed by atoms with van der Waals surface area (Å²) in [6, 6.07) is 7.89. The maximum absolute atomic E-state index is 12.6. The molecule has 0 aliphatic carbocycles. The molecule has 4 rings (SSSR count). The molecule has 1 fully saturated rings. The first-order chi connectivity index (χ1) is 14.4. The van der Waals surface area contributed by atoms with Crippen LogP contribution < -0.4 is 5.32 Å². The first-order valence-corrected chi connectivity index (χ1v) is 10.6. The Kier molecular flexibility index (Phi) is 6.01. The van der Waals surface area contributed by atoms with Gasteiger partial charge in [0.05, 0.1) is 16.8 Å². The van der Waals surface area contributed by atoms with Gasteiger partial charge in [-0.3, -0.25) is 9.78 Å². The maximum atomic E-state index is 12.6. The molecule has 0 unspecified atom stereocenters. The summed E-state index contributed by atoms with van der Waals surface area (Å²) in [6.45, 7) is 0.987. The molecule has 0 radical (unpaired) electrons. The van der Waals surface area contributed by atoms with Crippen LogP contribution in [0, 0.1) is 5.92 Å². The number of fused-ring (bicyclic) bond motifs is 1. The van der Waals surface area contributed by atoms with E-state index in [1.807, 2.05) is 30.5 Å². The van der Waals surface area contributed by atoms with Gasteiger partial charge < -0.3 is 10.2 Å². The molecule has 0 spiro atoms. The molecule has 5 nitrogen and oxygen atoms in total. The number of halogens is 3. The third-order valence-electron chi connectivity index (χ3n) is 5.36. The lowest BCUT2D eigenvalue weighted by molar-refractivity contribution is -0.139. The standard InChI is InChI=1S/C21H21F3N4OS/c22-21(23,24)5-8-28-6-3-14(4-7-28)20(29)27-19-10-17-9-15(18-12-25-13-30-18)1-2-16(17)11-26-19/h1-2,9-14H,3-8H2,(H,26,27,29). The Labute approximate surface area is 175 Å². The van der Waals surface area contributed by atoms with Crippen molar-refractivity contribution in [1.29, 1.82) is 0 Å². The third-order valence-corrected chi connectivity index (χ3v) is 6.18. The quantitative estimate of drug-likeness (QED) is 0.617. The van der Waals surface area contributed by atoms with Crippen molar-refractivity contribution in [3.8, 4) is 10.4 Å². The predicted molar refractivity (Wildman–Crippen MR) is 111 cm³/mol. The number of pyridine rings is 1. The van der Waals surface area contributed by atoms with Crippen LogP contribution in [0.5, 0.6) is 0 Å². The lowest BCUT2D eigenvalue weighted by atomic mass is 9.95. The number of alkyl halides is 3. The molecule has 3 heterocycles. The molecule has 158 valence electrons. The van der Waals surface area contributed by atoms with Crippen molar-refractivity contribution < 1.29 is 18.0 Å². The van der Waals surface area contributed by atoms with Crippen molar-refractivity contribution in [2.75, 3.05) is 25.0 Å². The van der Waals surface area contributed by atoms with Gasteiger partial charge in [0.15, 0.2) is 0 Å². The number of rotatable bonds is 5. The zero-order valence-corrected chi connectivity index (χ0v) is 17.0. The first kappa shape index (κ1) is 20.7. The molecule has 0 bridgehead atoms. The number of nitrogens with zero attached hydrogens (tertiary/aromatic N) is 3. The van der Waals surface area contributed by atoms with E-state index < -0.39 is 12.6 Å². The number of anilines is 1. The van der Waals surface area contributed by atoms with Crippen LogP contribution in [0.25, 0.3) is 21.2 Å². The van der Waals surface area contributed by atoms with Crippen LogP contribution in [-0.4, -0.2) is 46.6 Å². The fourth-order valence-corrected chi connectivity index (χ4v) is 4.27. The summed E-state index contributed by atoms with van der Waals surface area (Å²) in [6.07, 6.45) is -0.318. The summed E-state index contributed by atoms with van der Waals surface area (Å²) in [7, 11) is 0. The number of thiazole rings is 1. The van der Waals surface area contributed by atoms with E-state index in [1.54, 1.807) is 27.9 Å². The minimum Gasteiger partial charge on any atom is -0.310 e. The van der Waals surface area contributed by atoms with Crippen LogP contribution in [0.3, 0.4) is 0 Å². The molecule has 2 aromatic heterocycles. The third kappa shape index (κ3) is 5.14. The van der Waals surface area contributed by atoms with Gasteiger partial charge >= 0.3 is 6.18 Å². The van der Waals surface area contributed by atoms with E-state index in [1.165, 1.54) is 0 Å². The molecular weight excluding hydrogens is 413 g/mol. The topological polar surface area (TPSA) is 58.1 Å². The minimum absolute atomic E-state index is 0.00778. The zero-order valence-electron chi connectivity index (χ0n) is 16.2. The lowest BCUT2D eigenvalue weighted by Gasteiger charge is -2.31. The SMILES string of the molecule is O=C(Nc1cc2cc(-c3cncs3)ccc2cn1)C1CCN(CCC(F)(F)F)CC1. The largest absolute Gasteiger partial charge is 0.390 e. The molecule has 9 heteroatoms. The van der Waals surface area contributed by atoms with E-state index in [0.717, 1.165) is 21.2 Å². The summed E-state index contributed by atoms with van der Waals surface area (Å²) in [5, 5.41) is 4.81. The number of carbonyl (C=O) groups is 1. The number of hydrogen-bond donors (Lipinski definition) is 1. The second kappa shape index (κ2) is 8.69. The van der Waals surface area contributed by atoms with Crippen molar-refractivity contribution in [2.24, 2.45) is 5.92 Å². The average molecular weight is 434 g/mol. The summed E-state index contributed by atoms with van der Waals surface area (Å²) >= 11 is 1.56. The molecule has 3 aromatic rings. The van der Waals surface area contributed by atoms with Crippen LogP contribution in [0.2, 0.25) is 0 Å². The molecule has 1 N–H and O–H groups in total. The van der Waals surface area contributed by atoms with Gasteiger partial charge in [0.2, 0.25) is 5.91 Å². The van der Waals surface area contributed by atoms with Gasteiger partial charge in [0.25, 0.3) is 0 Å². The van der Waals surface area contributed by atoms with E-state index in [-0.39, 0.29) is 18.4 Å². The fraction of sp³-hybridized carbons (Fsp3) is 0.381. The van der Waals surface area contributed by atoms with Gasteiger partial charge in [-0.15, -0.1) is 11.3 Å². The van der Waals surface area contributed by atoms with Crippen LogP contribution in [0.1, 0.15) is 19.3 Å². The van der Waals surface area contributed by atoms with Gasteiger partial charge in [-0.25, -0.2) is 4.98 Å². The first-order valence-electron chi connectivity index (χ1n) is 9.76. The van der Waals surface area contributed by atoms with Crippen LogP contribution >= 0.6 is 11.3 Å². The Balaban J connectivity index is 1.37. The number of hydrogen-bond acceptors (Lipinski definition) is 5. The summed E-state index contributed by atoms with van der Waals surface area (Å²) < 4.78 is 37.1. The number of piperidine rings is 1. The number of nitrogens with one attached hydrogen (secondary N) is 1. The van der Waals surface area contributed by atoms with Gasteiger partial charge in [-0.1, -0.05) is 12.1 Å². The molecular formula is C21H21F3N4OS. The zero-order chi connectivity index (χ0) is 21.1. The van der Waals surface area contributed by atoms with Crippen LogP contribution in [0.4, 0.5) is 19.0 Å². The van der Waals surface area contributed by atoms with E-state index in [9.17, 15) is 18.0 Å². The van der Waals surface area contributed by atoms with E-state index in [4.69, 9.17) is 0 Å². The number of benzene rings is 1. The second-order valence-electron chi connectivity index (χ2n) is 7.47. The van der Waals surface area contributed by atoms with Gasteiger partial charge in [-0.05, 0) is 49.0 Å². The van der Waals surface area contributed by atoms with Gasteiger partial charge in [0.1, 0.15) is 5.82 Å². The molecule has 0 atom stereocenters. The average Bonchev–Trinajstić information content (AvgIpc) is 3.26. The van der Waals surface area contributed by atoms with Gasteiger partial charge in [-0.2, -0.15) is 13.2 Å². The second-order valence-corrected chi connectivity index (χ2v) is 8.35. The number of aromatic nitrogens is 2. The van der Waals surface area contributed by atoms with E-state index in [2.05, 4.69) is 15.3 Å². The van der Waals surface area contributed by atoms with Crippen molar-refractivity contribution in [3.63, 3.8) is 0 Å². The number of amides is 1. The molecule has 1 aromatic carbocycles. The van der Waals surface area contributed by atoms with Crippen LogP contribution in [0.15, 0.2) is 42.2 Å².